The average Bonchev–Trinajstić information content (AvgIpc) is 3.42. The topological polar surface area (TPSA) is 96.3 Å². The lowest BCUT2D eigenvalue weighted by Gasteiger charge is -2.17. The minimum absolute atomic E-state index is 0.369. The van der Waals surface area contributed by atoms with Crippen LogP contribution in [-0.2, 0) is 12.1 Å². The molecule has 0 saturated heterocycles. The van der Waals surface area contributed by atoms with Gasteiger partial charge in [-0.05, 0) is 49.2 Å². The zero-order valence-electron chi connectivity index (χ0n) is 16.4. The van der Waals surface area contributed by atoms with Crippen LogP contribution in [0.15, 0.2) is 47.1 Å². The van der Waals surface area contributed by atoms with Crippen LogP contribution < -0.4 is 15.2 Å². The third-order valence-electron chi connectivity index (χ3n) is 5.11. The monoisotopic (exact) mass is 392 g/mol. The smallest absolute Gasteiger partial charge is 0.250 e. The number of methoxy groups -OCH3 is 1. The molecule has 2 aromatic heterocycles. The second-order valence-electron chi connectivity index (χ2n) is 7.17. The fourth-order valence-corrected chi connectivity index (χ4v) is 3.45. The second-order valence-corrected chi connectivity index (χ2v) is 7.17. The van der Waals surface area contributed by atoms with Crippen molar-refractivity contribution in [2.24, 2.45) is 5.73 Å². The van der Waals surface area contributed by atoms with E-state index in [1.807, 2.05) is 42.5 Å². The highest BCUT2D eigenvalue weighted by Gasteiger charge is 2.35. The van der Waals surface area contributed by atoms with Crippen LogP contribution >= 0.6 is 0 Å². The highest BCUT2D eigenvalue weighted by molar-refractivity contribution is 5.70. The molecule has 0 radical (unpaired) electrons. The van der Waals surface area contributed by atoms with Gasteiger partial charge in [0.05, 0.1) is 18.3 Å². The molecule has 1 fully saturated rings. The fraction of sp³-hybridized carbons (Fsp3) is 0.318. The highest BCUT2D eigenvalue weighted by atomic mass is 16.5. The van der Waals surface area contributed by atoms with Crippen LogP contribution in [0.25, 0.3) is 12.2 Å². The molecule has 1 aromatic carbocycles. The Balaban J connectivity index is 1.53. The van der Waals surface area contributed by atoms with E-state index in [4.69, 9.17) is 19.7 Å². The lowest BCUT2D eigenvalue weighted by atomic mass is 9.99. The first-order valence-electron chi connectivity index (χ1n) is 9.68. The van der Waals surface area contributed by atoms with Crippen LogP contribution in [0.3, 0.4) is 0 Å². The van der Waals surface area contributed by atoms with Gasteiger partial charge in [0.15, 0.2) is 5.82 Å². The summed E-state index contributed by atoms with van der Waals surface area (Å²) in [5, 5.41) is 4.09. The van der Waals surface area contributed by atoms with Gasteiger partial charge in [-0.2, -0.15) is 4.98 Å². The summed E-state index contributed by atoms with van der Waals surface area (Å²) in [6.45, 7) is 0.369. The van der Waals surface area contributed by atoms with Crippen LogP contribution in [0, 0.1) is 0 Å². The highest BCUT2D eigenvalue weighted by Crippen LogP contribution is 2.34. The van der Waals surface area contributed by atoms with Gasteiger partial charge in [-0.25, -0.2) is 0 Å². The van der Waals surface area contributed by atoms with E-state index in [0.29, 0.717) is 24.1 Å². The van der Waals surface area contributed by atoms with Gasteiger partial charge in [0.25, 0.3) is 5.89 Å². The molecule has 29 heavy (non-hydrogen) atoms. The van der Waals surface area contributed by atoms with Gasteiger partial charge < -0.3 is 19.7 Å². The summed E-state index contributed by atoms with van der Waals surface area (Å²) in [5.41, 5.74) is 7.62. The Morgan fingerprint density at radius 3 is 2.79 bits per heavy atom. The van der Waals surface area contributed by atoms with E-state index in [-0.39, 0.29) is 0 Å². The summed E-state index contributed by atoms with van der Waals surface area (Å²) in [5.74, 6) is 2.42. The van der Waals surface area contributed by atoms with Crippen molar-refractivity contribution in [2.45, 2.75) is 37.8 Å². The third-order valence-corrected chi connectivity index (χ3v) is 5.11. The molecule has 150 valence electrons. The summed E-state index contributed by atoms with van der Waals surface area (Å²) in [6.07, 6.45) is 9.33. The SMILES string of the molecule is COc1ccc(OCc2ccccn2)c(/C=C/c2nc(C3(N)CCCC3)no2)c1. The van der Waals surface area contributed by atoms with Crippen LogP contribution in [0.2, 0.25) is 0 Å². The quantitative estimate of drug-likeness (QED) is 0.650. The van der Waals surface area contributed by atoms with E-state index in [1.54, 1.807) is 19.4 Å². The normalized spacial score (nSPS) is 15.7. The predicted octanol–water partition coefficient (Wildman–Crippen LogP) is 3.95. The molecular weight excluding hydrogens is 368 g/mol. The minimum Gasteiger partial charge on any atom is -0.497 e. The molecule has 0 bridgehead atoms. The maximum Gasteiger partial charge on any atom is 0.250 e. The Kier molecular flexibility index (Phi) is 5.57. The number of nitrogens with two attached hydrogens (primary N) is 1. The van der Waals surface area contributed by atoms with Crippen molar-refractivity contribution in [3.63, 3.8) is 0 Å². The van der Waals surface area contributed by atoms with Gasteiger partial charge in [0, 0.05) is 17.8 Å². The van der Waals surface area contributed by atoms with Gasteiger partial charge in [0.1, 0.15) is 18.1 Å². The summed E-state index contributed by atoms with van der Waals surface area (Å²) in [7, 11) is 1.63. The number of hydrogen-bond acceptors (Lipinski definition) is 7. The summed E-state index contributed by atoms with van der Waals surface area (Å²) < 4.78 is 16.7. The summed E-state index contributed by atoms with van der Waals surface area (Å²) >= 11 is 0. The predicted molar refractivity (Wildman–Crippen MR) is 109 cm³/mol. The van der Waals surface area contributed by atoms with Crippen molar-refractivity contribution in [2.75, 3.05) is 7.11 Å². The second kappa shape index (κ2) is 8.45. The molecular formula is C22H24N4O3. The maximum atomic E-state index is 6.41. The Hall–Kier alpha value is -3.19. The molecule has 0 unspecified atom stereocenters. The number of rotatable bonds is 7. The number of ether oxygens (including phenoxy) is 2. The van der Waals surface area contributed by atoms with Gasteiger partial charge >= 0.3 is 0 Å². The van der Waals surface area contributed by atoms with Gasteiger partial charge in [-0.15, -0.1) is 0 Å². The molecule has 1 aliphatic carbocycles. The lowest BCUT2D eigenvalue weighted by Crippen LogP contribution is -2.34. The Morgan fingerprint density at radius 1 is 1.17 bits per heavy atom. The number of nitrogens with zero attached hydrogens (tertiary/aromatic N) is 3. The maximum absolute atomic E-state index is 6.41. The largest absolute Gasteiger partial charge is 0.497 e. The van der Waals surface area contributed by atoms with Crippen LogP contribution in [0.1, 0.15) is 48.7 Å². The number of hydrogen-bond donors (Lipinski definition) is 1. The zero-order chi connectivity index (χ0) is 20.1. The first-order valence-corrected chi connectivity index (χ1v) is 9.68. The number of pyridine rings is 1. The molecule has 2 heterocycles. The van der Waals surface area contributed by atoms with E-state index in [2.05, 4.69) is 15.1 Å². The Bertz CT molecular complexity index is 979. The van der Waals surface area contributed by atoms with Crippen molar-refractivity contribution < 1.29 is 14.0 Å². The van der Waals surface area contributed by atoms with Gasteiger partial charge in [-0.3, -0.25) is 4.98 Å². The molecule has 0 atom stereocenters. The Labute approximate surface area is 169 Å². The third kappa shape index (κ3) is 4.46. The van der Waals surface area contributed by atoms with E-state index in [0.717, 1.165) is 42.7 Å². The first kappa shape index (κ1) is 19.1. The van der Waals surface area contributed by atoms with E-state index in [9.17, 15) is 0 Å². The Morgan fingerprint density at radius 2 is 2.03 bits per heavy atom. The van der Waals surface area contributed by atoms with Gasteiger partial charge in [0.2, 0.25) is 0 Å². The fourth-order valence-electron chi connectivity index (χ4n) is 3.45. The average molecular weight is 392 g/mol. The number of benzene rings is 1. The van der Waals surface area contributed by atoms with Crippen molar-refractivity contribution in [1.82, 2.24) is 15.1 Å². The zero-order valence-corrected chi connectivity index (χ0v) is 16.4. The molecule has 1 saturated carbocycles. The first-order chi connectivity index (χ1) is 14.2. The van der Waals surface area contributed by atoms with Crippen molar-refractivity contribution in [3.05, 3.63) is 65.6 Å². The molecule has 0 amide bonds. The molecule has 7 heteroatoms. The molecule has 7 nitrogen and oxygen atoms in total. The van der Waals surface area contributed by atoms with Gasteiger partial charge in [-0.1, -0.05) is 24.1 Å². The van der Waals surface area contributed by atoms with Crippen LogP contribution in [-0.4, -0.2) is 22.2 Å². The molecule has 3 aromatic rings. The van der Waals surface area contributed by atoms with E-state index >= 15 is 0 Å². The molecule has 0 spiro atoms. The molecule has 2 N–H and O–H groups in total. The summed E-state index contributed by atoms with van der Waals surface area (Å²) in [4.78, 5) is 8.76. The van der Waals surface area contributed by atoms with Crippen LogP contribution in [0.4, 0.5) is 0 Å². The lowest BCUT2D eigenvalue weighted by molar-refractivity contribution is 0.300. The summed E-state index contributed by atoms with van der Waals surface area (Å²) in [6, 6.07) is 11.3. The minimum atomic E-state index is -0.470. The molecule has 1 aliphatic rings. The standard InChI is InChI=1S/C22H24N4O3/c1-27-18-8-9-19(28-15-17-6-2-5-13-24-17)16(14-18)7-10-20-25-21(26-29-20)22(23)11-3-4-12-22/h2,5-10,13-14H,3-4,11-12,15,23H2,1H3/b10-7+. The van der Waals surface area contributed by atoms with Crippen molar-refractivity contribution in [1.29, 1.82) is 0 Å². The van der Waals surface area contributed by atoms with E-state index < -0.39 is 5.54 Å². The molecule has 4 rings (SSSR count). The van der Waals surface area contributed by atoms with Crippen molar-refractivity contribution in [3.8, 4) is 11.5 Å². The van der Waals surface area contributed by atoms with E-state index in [1.165, 1.54) is 0 Å². The van der Waals surface area contributed by atoms with Crippen molar-refractivity contribution >= 4 is 12.2 Å². The number of aromatic nitrogens is 3. The molecule has 0 aliphatic heterocycles. The van der Waals surface area contributed by atoms with Crippen LogP contribution in [0.5, 0.6) is 11.5 Å².